The van der Waals surface area contributed by atoms with Crippen LogP contribution in [-0.4, -0.2) is 58.3 Å². The number of nitrogens with zero attached hydrogens (tertiary/aromatic N) is 3. The summed E-state index contributed by atoms with van der Waals surface area (Å²) in [6.07, 6.45) is 0.671. The van der Waals surface area contributed by atoms with Crippen LogP contribution >= 0.6 is 0 Å². The molecule has 0 radical (unpaired) electrons. The molecular weight excluding hydrogens is 440 g/mol. The van der Waals surface area contributed by atoms with Crippen molar-refractivity contribution in [1.82, 2.24) is 4.90 Å². The fourth-order valence-corrected chi connectivity index (χ4v) is 5.45. The van der Waals surface area contributed by atoms with Crippen molar-refractivity contribution in [3.05, 3.63) is 48.5 Å². The molecule has 33 heavy (non-hydrogen) atoms. The summed E-state index contributed by atoms with van der Waals surface area (Å²) in [5, 5.41) is 3.12. The molecule has 1 N–H and O–H groups in total. The van der Waals surface area contributed by atoms with Crippen molar-refractivity contribution in [3.63, 3.8) is 0 Å². The molecule has 2 aliphatic heterocycles. The van der Waals surface area contributed by atoms with Crippen LogP contribution < -0.4 is 15.0 Å². The molecule has 1 saturated heterocycles. The number of carbonyl (C=O) groups is 1. The third kappa shape index (κ3) is 5.30. The summed E-state index contributed by atoms with van der Waals surface area (Å²) < 4.78 is 34.3. The van der Waals surface area contributed by atoms with E-state index < -0.39 is 15.4 Å². The van der Waals surface area contributed by atoms with Gasteiger partial charge in [-0.15, -0.1) is 4.40 Å². The van der Waals surface area contributed by atoms with E-state index in [-0.39, 0.29) is 10.8 Å². The first-order valence-electron chi connectivity index (χ1n) is 11.0. The van der Waals surface area contributed by atoms with Crippen LogP contribution in [0.25, 0.3) is 0 Å². The lowest BCUT2D eigenvalue weighted by Crippen LogP contribution is -2.49. The molecule has 0 spiro atoms. The third-order valence-corrected chi connectivity index (χ3v) is 7.37. The average molecular weight is 471 g/mol. The first-order chi connectivity index (χ1) is 15.7. The first kappa shape index (κ1) is 23.1. The van der Waals surface area contributed by atoms with E-state index in [0.29, 0.717) is 37.5 Å². The van der Waals surface area contributed by atoms with Gasteiger partial charge in [0.25, 0.3) is 10.0 Å². The molecule has 0 bridgehead atoms. The minimum Gasteiger partial charge on any atom is -0.497 e. The highest BCUT2D eigenvalue weighted by Crippen LogP contribution is 2.32. The van der Waals surface area contributed by atoms with E-state index in [2.05, 4.69) is 14.6 Å². The van der Waals surface area contributed by atoms with Crippen molar-refractivity contribution in [2.45, 2.75) is 31.6 Å². The van der Waals surface area contributed by atoms with Gasteiger partial charge >= 0.3 is 0 Å². The molecule has 1 amide bonds. The maximum absolute atomic E-state index is 13.0. The van der Waals surface area contributed by atoms with Crippen molar-refractivity contribution in [2.75, 3.05) is 43.5 Å². The van der Waals surface area contributed by atoms with Crippen LogP contribution in [0, 0.1) is 5.41 Å². The van der Waals surface area contributed by atoms with Crippen LogP contribution in [0.4, 0.5) is 11.4 Å². The topological polar surface area (TPSA) is 91.3 Å². The molecule has 2 aliphatic rings. The highest BCUT2D eigenvalue weighted by molar-refractivity contribution is 7.90. The zero-order valence-corrected chi connectivity index (χ0v) is 20.1. The Morgan fingerprint density at radius 2 is 1.82 bits per heavy atom. The number of methoxy groups -OCH3 is 1. The molecule has 9 heteroatoms. The van der Waals surface area contributed by atoms with Gasteiger partial charge in [0, 0.05) is 50.8 Å². The number of hydrogen-bond acceptors (Lipinski definition) is 6. The summed E-state index contributed by atoms with van der Waals surface area (Å²) in [6, 6.07) is 14.7. The van der Waals surface area contributed by atoms with E-state index in [1.807, 2.05) is 43.0 Å². The molecule has 0 unspecified atom stereocenters. The number of amides is 1. The van der Waals surface area contributed by atoms with Crippen LogP contribution in [0.2, 0.25) is 0 Å². The number of benzene rings is 2. The number of sulfonamides is 1. The van der Waals surface area contributed by atoms with Gasteiger partial charge in [-0.25, -0.2) is 0 Å². The van der Waals surface area contributed by atoms with E-state index in [4.69, 9.17) is 4.74 Å². The number of carbonyl (C=O) groups excluding carboxylic acids is 1. The predicted octanol–water partition coefficient (Wildman–Crippen LogP) is 3.36. The van der Waals surface area contributed by atoms with Gasteiger partial charge in [0.2, 0.25) is 5.91 Å². The fourth-order valence-electron chi connectivity index (χ4n) is 4.30. The van der Waals surface area contributed by atoms with Crippen molar-refractivity contribution >= 4 is 33.1 Å². The lowest BCUT2D eigenvalue weighted by molar-refractivity contribution is -0.133. The lowest BCUT2D eigenvalue weighted by atomic mass is 9.84. The molecule has 4 rings (SSSR count). The van der Waals surface area contributed by atoms with Crippen LogP contribution in [-0.2, 0) is 14.8 Å². The Balaban J connectivity index is 1.35. The molecule has 0 saturated carbocycles. The number of fused-ring (bicyclic) bond motifs is 1. The number of para-hydroxylation sites is 1. The number of rotatable bonds is 6. The molecule has 176 valence electrons. The number of anilines is 2. The monoisotopic (exact) mass is 470 g/mol. The summed E-state index contributed by atoms with van der Waals surface area (Å²) in [6.45, 7) is 6.73. The standard InChI is InChI=1S/C24H30N4O4S/c1-24(2,16-22-25-20-9-4-5-10-21(20)33(30,31)26-22)17-23(29)28-13-11-27(12-14-28)18-7-6-8-19(15-18)32-3/h4-10,15H,11-14,16-17H2,1-3H3,(H,25,26). The maximum Gasteiger partial charge on any atom is 0.286 e. The average Bonchev–Trinajstić information content (AvgIpc) is 2.78. The number of amidine groups is 1. The molecule has 2 aromatic carbocycles. The van der Waals surface area contributed by atoms with Gasteiger partial charge in [-0.1, -0.05) is 32.0 Å². The molecule has 8 nitrogen and oxygen atoms in total. The van der Waals surface area contributed by atoms with Gasteiger partial charge in [-0.3, -0.25) is 4.79 Å². The Bertz CT molecular complexity index is 1170. The van der Waals surface area contributed by atoms with Gasteiger partial charge in [0.1, 0.15) is 16.5 Å². The minimum atomic E-state index is -3.73. The normalized spacial score (nSPS) is 17.6. The molecular formula is C24H30N4O4S. The highest BCUT2D eigenvalue weighted by atomic mass is 32.2. The van der Waals surface area contributed by atoms with Crippen molar-refractivity contribution in [2.24, 2.45) is 9.81 Å². The van der Waals surface area contributed by atoms with Crippen LogP contribution in [0.1, 0.15) is 26.7 Å². The summed E-state index contributed by atoms with van der Waals surface area (Å²) in [5.74, 6) is 1.26. The smallest absolute Gasteiger partial charge is 0.286 e. The van der Waals surface area contributed by atoms with Gasteiger partial charge < -0.3 is 19.9 Å². The zero-order valence-electron chi connectivity index (χ0n) is 19.2. The maximum atomic E-state index is 13.0. The Labute approximate surface area is 195 Å². The minimum absolute atomic E-state index is 0.0740. The van der Waals surface area contributed by atoms with Crippen LogP contribution in [0.15, 0.2) is 57.8 Å². The quantitative estimate of drug-likeness (QED) is 0.696. The van der Waals surface area contributed by atoms with Gasteiger partial charge in [0.15, 0.2) is 0 Å². The summed E-state index contributed by atoms with van der Waals surface area (Å²) >= 11 is 0. The van der Waals surface area contributed by atoms with E-state index >= 15 is 0 Å². The zero-order chi connectivity index (χ0) is 23.6. The summed E-state index contributed by atoms with van der Waals surface area (Å²) in [5.41, 5.74) is 1.16. The second-order valence-corrected chi connectivity index (χ2v) is 10.8. The number of hydrogen-bond donors (Lipinski definition) is 1. The van der Waals surface area contributed by atoms with Crippen molar-refractivity contribution < 1.29 is 17.9 Å². The second kappa shape index (κ2) is 9.05. The molecule has 0 atom stereocenters. The van der Waals surface area contributed by atoms with E-state index in [1.54, 1.807) is 25.3 Å². The number of piperazine rings is 1. The van der Waals surface area contributed by atoms with Crippen LogP contribution in [0.3, 0.4) is 0 Å². The van der Waals surface area contributed by atoms with Crippen molar-refractivity contribution in [1.29, 1.82) is 0 Å². The molecule has 2 aromatic rings. The Kier molecular flexibility index (Phi) is 6.34. The number of nitrogens with one attached hydrogen (secondary N) is 1. The number of ether oxygens (including phenoxy) is 1. The Morgan fingerprint density at radius 3 is 2.55 bits per heavy atom. The summed E-state index contributed by atoms with van der Waals surface area (Å²) in [4.78, 5) is 17.4. The molecule has 1 fully saturated rings. The molecule has 0 aromatic heterocycles. The predicted molar refractivity (Wildman–Crippen MR) is 129 cm³/mol. The van der Waals surface area contributed by atoms with Crippen LogP contribution in [0.5, 0.6) is 5.75 Å². The van der Waals surface area contributed by atoms with E-state index in [9.17, 15) is 13.2 Å². The Hall–Kier alpha value is -3.07. The van der Waals surface area contributed by atoms with Gasteiger partial charge in [-0.2, -0.15) is 8.42 Å². The van der Waals surface area contributed by atoms with E-state index in [0.717, 1.165) is 24.5 Å². The fraction of sp³-hybridized carbons (Fsp3) is 0.417. The third-order valence-electron chi connectivity index (χ3n) is 6.00. The second-order valence-electron chi connectivity index (χ2n) is 9.22. The largest absolute Gasteiger partial charge is 0.497 e. The molecule has 2 heterocycles. The van der Waals surface area contributed by atoms with Gasteiger partial charge in [0.05, 0.1) is 12.8 Å². The highest BCUT2D eigenvalue weighted by Gasteiger charge is 2.32. The lowest BCUT2D eigenvalue weighted by Gasteiger charge is -2.37. The van der Waals surface area contributed by atoms with Gasteiger partial charge in [-0.05, 0) is 29.7 Å². The summed E-state index contributed by atoms with van der Waals surface area (Å²) in [7, 11) is -2.08. The Morgan fingerprint density at radius 1 is 1.09 bits per heavy atom. The van der Waals surface area contributed by atoms with E-state index in [1.165, 1.54) is 6.07 Å². The first-order valence-corrected chi connectivity index (χ1v) is 12.5. The molecule has 0 aliphatic carbocycles. The van der Waals surface area contributed by atoms with Crippen molar-refractivity contribution in [3.8, 4) is 5.75 Å². The SMILES string of the molecule is COc1cccc(N2CCN(C(=O)CC(C)(C)CC3=NS(=O)(=O)c4ccccc4N3)CC2)c1.